The van der Waals surface area contributed by atoms with Crippen LogP contribution in [-0.2, 0) is 25.6 Å². The first kappa shape index (κ1) is 23.5. The Morgan fingerprint density at radius 1 is 0.967 bits per heavy atom. The van der Waals surface area contributed by atoms with E-state index in [1.807, 2.05) is 44.2 Å². The average Bonchev–Trinajstić information content (AvgIpc) is 2.71. The van der Waals surface area contributed by atoms with E-state index in [9.17, 15) is 14.4 Å². The average molecular weight is 421 g/mol. The highest BCUT2D eigenvalue weighted by Gasteiger charge is 2.25. The maximum Gasteiger partial charge on any atom is 0.408 e. The fourth-order valence-corrected chi connectivity index (χ4v) is 3.21. The van der Waals surface area contributed by atoms with Gasteiger partial charge < -0.3 is 24.8 Å². The first-order valence-corrected chi connectivity index (χ1v) is 10.4. The monoisotopic (exact) mass is 420 g/mol. The molecule has 1 aliphatic carbocycles. The molecule has 2 amide bonds. The lowest BCUT2D eigenvalue weighted by atomic mass is 9.86. The van der Waals surface area contributed by atoms with Crippen molar-refractivity contribution in [2.75, 3.05) is 6.61 Å². The third kappa shape index (κ3) is 8.71. The zero-order chi connectivity index (χ0) is 21.9. The molecule has 0 radical (unpaired) electrons. The van der Waals surface area contributed by atoms with Gasteiger partial charge in [-0.05, 0) is 57.9 Å². The van der Waals surface area contributed by atoms with Crippen LogP contribution < -0.4 is 10.6 Å². The number of carbonyl (C=O) groups is 3. The van der Waals surface area contributed by atoms with E-state index in [2.05, 4.69) is 10.6 Å². The Morgan fingerprint density at radius 3 is 2.27 bits per heavy atom. The van der Waals surface area contributed by atoms with E-state index in [4.69, 9.17) is 14.2 Å². The van der Waals surface area contributed by atoms with Crippen molar-refractivity contribution in [1.82, 2.24) is 10.6 Å². The molecule has 8 heteroatoms. The molecule has 2 N–H and O–H groups in total. The summed E-state index contributed by atoms with van der Waals surface area (Å²) in [4.78, 5) is 35.6. The van der Waals surface area contributed by atoms with Crippen LogP contribution in [0.4, 0.5) is 9.59 Å². The predicted molar refractivity (Wildman–Crippen MR) is 111 cm³/mol. The zero-order valence-electron chi connectivity index (χ0n) is 17.9. The Balaban J connectivity index is 1.61. The molecule has 1 fully saturated rings. The van der Waals surface area contributed by atoms with Gasteiger partial charge in [-0.3, -0.25) is 0 Å². The molecule has 0 unspecified atom stereocenters. The quantitative estimate of drug-likeness (QED) is 0.493. The second-order valence-electron chi connectivity index (χ2n) is 7.87. The van der Waals surface area contributed by atoms with Gasteiger partial charge >= 0.3 is 18.2 Å². The van der Waals surface area contributed by atoms with Crippen molar-refractivity contribution in [3.63, 3.8) is 0 Å². The van der Waals surface area contributed by atoms with E-state index in [-0.39, 0.29) is 30.8 Å². The van der Waals surface area contributed by atoms with Gasteiger partial charge in [-0.1, -0.05) is 30.3 Å². The van der Waals surface area contributed by atoms with Crippen molar-refractivity contribution in [1.29, 1.82) is 0 Å². The van der Waals surface area contributed by atoms with Gasteiger partial charge in [0.05, 0.1) is 12.7 Å². The van der Waals surface area contributed by atoms with E-state index < -0.39 is 18.1 Å². The molecule has 1 saturated carbocycles. The molecule has 30 heavy (non-hydrogen) atoms. The van der Waals surface area contributed by atoms with Crippen molar-refractivity contribution in [2.24, 2.45) is 5.92 Å². The van der Waals surface area contributed by atoms with Crippen molar-refractivity contribution >= 4 is 18.2 Å². The molecule has 0 aromatic heterocycles. The van der Waals surface area contributed by atoms with Crippen LogP contribution in [0.15, 0.2) is 30.3 Å². The fraction of sp³-hybridized carbons (Fsp3) is 0.591. The smallest absolute Gasteiger partial charge is 0.408 e. The van der Waals surface area contributed by atoms with Crippen molar-refractivity contribution in [3.8, 4) is 0 Å². The predicted octanol–water partition coefficient (Wildman–Crippen LogP) is 3.54. The number of hydrogen-bond acceptors (Lipinski definition) is 6. The Kier molecular flexibility index (Phi) is 9.44. The van der Waals surface area contributed by atoms with Crippen LogP contribution in [0.5, 0.6) is 0 Å². The highest BCUT2D eigenvalue weighted by Crippen LogP contribution is 2.24. The summed E-state index contributed by atoms with van der Waals surface area (Å²) < 4.78 is 15.6. The summed E-state index contributed by atoms with van der Waals surface area (Å²) in [6.07, 6.45) is 2.13. The Bertz CT molecular complexity index is 686. The van der Waals surface area contributed by atoms with E-state index in [1.54, 1.807) is 6.92 Å². The van der Waals surface area contributed by atoms with E-state index in [1.165, 1.54) is 0 Å². The summed E-state index contributed by atoms with van der Waals surface area (Å²) >= 11 is 0. The first-order chi connectivity index (χ1) is 14.3. The van der Waals surface area contributed by atoms with Crippen LogP contribution in [0.3, 0.4) is 0 Å². The molecule has 0 saturated heterocycles. The topological polar surface area (TPSA) is 103 Å². The minimum absolute atomic E-state index is 0.0863. The summed E-state index contributed by atoms with van der Waals surface area (Å²) in [6, 6.07) is 8.59. The number of amides is 2. The summed E-state index contributed by atoms with van der Waals surface area (Å²) in [5, 5.41) is 5.35. The molecular formula is C22H32N2O6. The highest BCUT2D eigenvalue weighted by molar-refractivity contribution is 5.80. The number of hydrogen-bond donors (Lipinski definition) is 2. The van der Waals surface area contributed by atoms with Gasteiger partial charge in [0, 0.05) is 6.04 Å². The lowest BCUT2D eigenvalue weighted by Gasteiger charge is -2.29. The van der Waals surface area contributed by atoms with Gasteiger partial charge in [-0.2, -0.15) is 0 Å². The van der Waals surface area contributed by atoms with Gasteiger partial charge in [0.15, 0.2) is 0 Å². The molecule has 1 aliphatic rings. The van der Waals surface area contributed by atoms with E-state index in [0.717, 1.165) is 31.2 Å². The molecule has 1 aromatic rings. The number of carbonyl (C=O) groups excluding carboxylic acids is 3. The molecule has 1 atom stereocenters. The van der Waals surface area contributed by atoms with Crippen molar-refractivity contribution in [2.45, 2.75) is 71.2 Å². The molecule has 166 valence electrons. The van der Waals surface area contributed by atoms with Gasteiger partial charge in [-0.15, -0.1) is 0 Å². The summed E-state index contributed by atoms with van der Waals surface area (Å²) in [7, 11) is 0. The van der Waals surface area contributed by atoms with Gasteiger partial charge in [0.2, 0.25) is 0 Å². The highest BCUT2D eigenvalue weighted by atomic mass is 16.6. The van der Waals surface area contributed by atoms with Crippen LogP contribution in [0, 0.1) is 5.92 Å². The second kappa shape index (κ2) is 12.0. The lowest BCUT2D eigenvalue weighted by Crippen LogP contribution is -2.41. The minimum Gasteiger partial charge on any atom is -0.464 e. The van der Waals surface area contributed by atoms with E-state index in [0.29, 0.717) is 6.61 Å². The van der Waals surface area contributed by atoms with Crippen LogP contribution in [0.1, 0.15) is 52.0 Å². The van der Waals surface area contributed by atoms with E-state index >= 15 is 0 Å². The number of esters is 1. The second-order valence-corrected chi connectivity index (χ2v) is 7.87. The molecule has 2 rings (SSSR count). The van der Waals surface area contributed by atoms with Crippen molar-refractivity contribution in [3.05, 3.63) is 35.9 Å². The van der Waals surface area contributed by atoms with Crippen LogP contribution in [0.25, 0.3) is 0 Å². The van der Waals surface area contributed by atoms with Gasteiger partial charge in [0.25, 0.3) is 0 Å². The van der Waals surface area contributed by atoms with Crippen LogP contribution in [0.2, 0.25) is 0 Å². The summed E-state index contributed by atoms with van der Waals surface area (Å²) in [5.74, 6) is -0.252. The fourth-order valence-electron chi connectivity index (χ4n) is 3.21. The SMILES string of the molecule is CC(C)OC(=O)N[C@H]1CC[C@H](COC(=O)[C@H](C)NC(=O)OCc2ccccc2)CC1. The molecular weight excluding hydrogens is 388 g/mol. The molecule has 0 heterocycles. The lowest BCUT2D eigenvalue weighted by molar-refractivity contribution is -0.147. The van der Waals surface area contributed by atoms with Crippen molar-refractivity contribution < 1.29 is 28.6 Å². The third-order valence-electron chi connectivity index (χ3n) is 4.87. The van der Waals surface area contributed by atoms with Gasteiger partial charge in [-0.25, -0.2) is 14.4 Å². The molecule has 0 bridgehead atoms. The third-order valence-corrected chi connectivity index (χ3v) is 4.87. The normalized spacial score (nSPS) is 19.5. The molecule has 0 spiro atoms. The number of rotatable bonds is 8. The number of benzene rings is 1. The Hall–Kier alpha value is -2.77. The molecule has 8 nitrogen and oxygen atoms in total. The minimum atomic E-state index is -0.794. The number of alkyl carbamates (subject to hydrolysis) is 2. The maximum absolute atomic E-state index is 12.1. The Morgan fingerprint density at radius 2 is 1.63 bits per heavy atom. The summed E-state index contributed by atoms with van der Waals surface area (Å²) in [5.41, 5.74) is 0.866. The van der Waals surface area contributed by atoms with Crippen LogP contribution >= 0.6 is 0 Å². The number of nitrogens with one attached hydrogen (secondary N) is 2. The first-order valence-electron chi connectivity index (χ1n) is 10.4. The number of ether oxygens (including phenoxy) is 3. The standard InChI is InChI=1S/C22H32N2O6/c1-15(2)30-22(27)24-19-11-9-18(10-12-19)13-28-20(25)16(3)23-21(26)29-14-17-7-5-4-6-8-17/h4-8,15-16,18-19H,9-14H2,1-3H3,(H,23,26)(H,24,27)/t16-,18-,19-/m0/s1. The van der Waals surface area contributed by atoms with Gasteiger partial charge in [0.1, 0.15) is 12.6 Å². The Labute approximate surface area is 177 Å². The largest absolute Gasteiger partial charge is 0.464 e. The maximum atomic E-state index is 12.1. The molecule has 0 aliphatic heterocycles. The van der Waals surface area contributed by atoms with Crippen LogP contribution in [-0.4, -0.2) is 43.0 Å². The molecule has 1 aromatic carbocycles. The summed E-state index contributed by atoms with van der Waals surface area (Å²) in [6.45, 7) is 5.62. The zero-order valence-corrected chi connectivity index (χ0v) is 17.9.